The molecule has 0 bridgehead atoms. The van der Waals surface area contributed by atoms with E-state index in [-0.39, 0.29) is 0 Å². The Balaban J connectivity index is 2.13. The molecule has 0 aromatic carbocycles. The van der Waals surface area contributed by atoms with Gasteiger partial charge in [0.05, 0.1) is 13.2 Å². The Morgan fingerprint density at radius 3 is 2.21 bits per heavy atom. The van der Waals surface area contributed by atoms with Crippen molar-refractivity contribution >= 4 is 16.1 Å². The Morgan fingerprint density at radius 1 is 1.11 bits per heavy atom. The maximum atomic E-state index is 8.99. The van der Waals surface area contributed by atoms with Gasteiger partial charge in [0.25, 0.3) is 0 Å². The summed E-state index contributed by atoms with van der Waals surface area (Å²) in [4.78, 5) is 0. The minimum Gasteiger partial charge on any atom is -0.396 e. The number of aliphatic hydroxyl groups is 1. The van der Waals surface area contributed by atoms with Crippen LogP contribution in [-0.2, 0) is 9.47 Å². The van der Waals surface area contributed by atoms with Crippen LogP contribution in [0, 0.1) is 0 Å². The van der Waals surface area contributed by atoms with Crippen molar-refractivity contribution in [3.8, 4) is 0 Å². The summed E-state index contributed by atoms with van der Waals surface area (Å²) in [6.07, 6.45) is 2.60. The van der Waals surface area contributed by atoms with Crippen LogP contribution < -0.4 is 0 Å². The molecule has 0 aromatic rings. The molecule has 1 fully saturated rings. The van der Waals surface area contributed by atoms with E-state index in [1.807, 2.05) is 0 Å². The van der Waals surface area contributed by atoms with Crippen molar-refractivity contribution in [3.63, 3.8) is 0 Å². The molecule has 1 N–H and O–H groups in total. The topological polar surface area (TPSA) is 42.0 Å². The van der Waals surface area contributed by atoms with Gasteiger partial charge in [0.1, 0.15) is 6.10 Å². The fourth-order valence-corrected chi connectivity index (χ4v) is 17.1. The van der Waals surface area contributed by atoms with Crippen molar-refractivity contribution in [1.29, 1.82) is 0 Å². The van der Waals surface area contributed by atoms with Crippen LogP contribution >= 0.6 is 0 Å². The van der Waals surface area contributed by atoms with Crippen LogP contribution in [0.3, 0.4) is 0 Å². The molecule has 5 heteroatoms. The van der Waals surface area contributed by atoms with Gasteiger partial charge in [-0.15, -0.1) is 0 Å². The van der Waals surface area contributed by atoms with Crippen molar-refractivity contribution in [2.24, 2.45) is 0 Å². The molecule has 0 saturated carbocycles. The highest BCUT2D eigenvalue weighted by Crippen LogP contribution is 2.28. The van der Waals surface area contributed by atoms with Crippen molar-refractivity contribution < 1.29 is 14.6 Å². The first-order valence-corrected chi connectivity index (χ1v) is 14.5. The average molecular weight is 305 g/mol. The lowest BCUT2D eigenvalue weighted by Crippen LogP contribution is -2.39. The quantitative estimate of drug-likeness (QED) is 0.362. The Labute approximate surface area is 120 Å². The van der Waals surface area contributed by atoms with Gasteiger partial charge < -0.3 is 14.6 Å². The van der Waals surface area contributed by atoms with Gasteiger partial charge in [-0.2, -0.15) is 0 Å². The summed E-state index contributed by atoms with van der Waals surface area (Å²) in [6, 6.07) is 2.64. The molecule has 1 unspecified atom stereocenters. The highest BCUT2D eigenvalue weighted by molar-refractivity contribution is 6.95. The first-order valence-electron chi connectivity index (χ1n) is 7.65. The molecule has 3 nitrogen and oxygen atoms in total. The molecule has 1 aliphatic rings. The summed E-state index contributed by atoms with van der Waals surface area (Å²) in [5, 5.41) is 8.99. The summed E-state index contributed by atoms with van der Waals surface area (Å²) in [7, 11) is -2.18. The van der Waals surface area contributed by atoms with E-state index >= 15 is 0 Å². The third kappa shape index (κ3) is 8.97. The van der Waals surface area contributed by atoms with Gasteiger partial charge in [0.2, 0.25) is 0 Å². The van der Waals surface area contributed by atoms with Gasteiger partial charge in [-0.3, -0.25) is 0 Å². The maximum absolute atomic E-state index is 8.99. The second kappa shape index (κ2) is 7.93. The first kappa shape index (κ1) is 17.4. The molecule has 114 valence electrons. The van der Waals surface area contributed by atoms with Crippen LogP contribution in [0.15, 0.2) is 0 Å². The zero-order valence-electron chi connectivity index (χ0n) is 13.2. The molecular weight excluding hydrogens is 272 g/mol. The molecule has 0 spiro atoms. The Bertz CT molecular complexity index is 253. The Kier molecular flexibility index (Phi) is 7.25. The molecule has 0 aromatic heterocycles. The normalized spacial score (nSPS) is 19.7. The predicted molar refractivity (Wildman–Crippen MR) is 86.3 cm³/mol. The van der Waals surface area contributed by atoms with Crippen molar-refractivity contribution in [3.05, 3.63) is 0 Å². The van der Waals surface area contributed by atoms with Crippen LogP contribution in [-0.4, -0.2) is 53.8 Å². The van der Waals surface area contributed by atoms with Crippen molar-refractivity contribution in [2.75, 3.05) is 26.4 Å². The fraction of sp³-hybridized carbons (Fsp3) is 1.00. The molecule has 0 radical (unpaired) electrons. The van der Waals surface area contributed by atoms with Crippen LogP contribution in [0.1, 0.15) is 12.8 Å². The van der Waals surface area contributed by atoms with Gasteiger partial charge >= 0.3 is 0 Å². The van der Waals surface area contributed by atoms with E-state index in [1.54, 1.807) is 0 Å². The monoisotopic (exact) mass is 304 g/mol. The third-order valence-electron chi connectivity index (χ3n) is 3.82. The van der Waals surface area contributed by atoms with E-state index in [4.69, 9.17) is 14.6 Å². The lowest BCUT2D eigenvalue weighted by molar-refractivity contribution is 0.117. The summed E-state index contributed by atoms with van der Waals surface area (Å²) >= 11 is 0. The number of aliphatic hydroxyl groups excluding tert-OH is 1. The largest absolute Gasteiger partial charge is 0.396 e. The highest BCUT2D eigenvalue weighted by Gasteiger charge is 2.31. The first-order chi connectivity index (χ1) is 8.85. The molecule has 0 aliphatic carbocycles. The minimum absolute atomic E-state index is 0.357. The predicted octanol–water partition coefficient (Wildman–Crippen LogP) is 3.13. The summed E-state index contributed by atoms with van der Waals surface area (Å²) in [6.45, 7) is 12.9. The lowest BCUT2D eigenvalue weighted by atomic mass is 10.5. The molecule has 0 amide bonds. The fourth-order valence-electron chi connectivity index (χ4n) is 3.06. The molecule has 1 atom stereocenters. The second-order valence-corrected chi connectivity index (χ2v) is 18.5. The standard InChI is InChI=1S/C14H32O3Si2/c1-18(2,9-5-7-15)13-19(3,4)10-6-8-16-11-14-12-17-14/h14-15H,5-13H2,1-4H3. The van der Waals surface area contributed by atoms with Gasteiger partial charge in [0, 0.05) is 29.4 Å². The van der Waals surface area contributed by atoms with E-state index in [1.165, 1.54) is 24.2 Å². The minimum atomic E-state index is -1.10. The second-order valence-electron chi connectivity index (χ2n) is 7.47. The molecule has 1 saturated heterocycles. The lowest BCUT2D eigenvalue weighted by Gasteiger charge is -2.32. The molecule has 1 aliphatic heterocycles. The number of ether oxygens (including phenoxy) is 2. The maximum Gasteiger partial charge on any atom is 0.104 e. The number of hydrogen-bond donors (Lipinski definition) is 1. The SMILES string of the molecule is C[Si](C)(CCCO)C[Si](C)(C)CCCOCC1CO1. The summed E-state index contributed by atoms with van der Waals surface area (Å²) in [5.74, 6) is 0. The number of epoxide rings is 1. The van der Waals surface area contributed by atoms with E-state index in [2.05, 4.69) is 26.2 Å². The molecule has 19 heavy (non-hydrogen) atoms. The van der Waals surface area contributed by atoms with Crippen LogP contribution in [0.4, 0.5) is 0 Å². The zero-order chi connectivity index (χ0) is 14.4. The number of rotatable bonds is 11. The highest BCUT2D eigenvalue weighted by atomic mass is 28.4. The van der Waals surface area contributed by atoms with Crippen LogP contribution in [0.2, 0.25) is 43.9 Å². The summed E-state index contributed by atoms with van der Waals surface area (Å²) in [5.41, 5.74) is 1.48. The summed E-state index contributed by atoms with van der Waals surface area (Å²) < 4.78 is 10.8. The van der Waals surface area contributed by atoms with Crippen molar-refractivity contribution in [2.45, 2.75) is 62.9 Å². The van der Waals surface area contributed by atoms with E-state index in [0.717, 1.165) is 26.2 Å². The van der Waals surface area contributed by atoms with Crippen LogP contribution in [0.5, 0.6) is 0 Å². The molecule has 1 rings (SSSR count). The van der Waals surface area contributed by atoms with Gasteiger partial charge in [0.15, 0.2) is 0 Å². The van der Waals surface area contributed by atoms with E-state index < -0.39 is 16.1 Å². The Morgan fingerprint density at radius 2 is 1.68 bits per heavy atom. The van der Waals surface area contributed by atoms with Gasteiger partial charge in [-0.1, -0.05) is 43.9 Å². The van der Waals surface area contributed by atoms with Crippen molar-refractivity contribution in [1.82, 2.24) is 0 Å². The van der Waals surface area contributed by atoms with E-state index in [9.17, 15) is 0 Å². The number of hydrogen-bond acceptors (Lipinski definition) is 3. The van der Waals surface area contributed by atoms with E-state index in [0.29, 0.717) is 12.7 Å². The third-order valence-corrected chi connectivity index (χ3v) is 14.9. The average Bonchev–Trinajstić information content (AvgIpc) is 3.08. The molecule has 1 heterocycles. The smallest absolute Gasteiger partial charge is 0.104 e. The van der Waals surface area contributed by atoms with Crippen LogP contribution in [0.25, 0.3) is 0 Å². The van der Waals surface area contributed by atoms with Gasteiger partial charge in [-0.25, -0.2) is 0 Å². The Hall–Kier alpha value is 0.314. The molecular formula is C14H32O3Si2. The zero-order valence-corrected chi connectivity index (χ0v) is 15.2. The van der Waals surface area contributed by atoms with Gasteiger partial charge in [-0.05, 0) is 12.8 Å².